The first kappa shape index (κ1) is 9.42. The Labute approximate surface area is 88.5 Å². The van der Waals surface area contributed by atoms with Gasteiger partial charge in [0, 0.05) is 5.56 Å². The minimum absolute atomic E-state index is 0.672. The van der Waals surface area contributed by atoms with Crippen molar-refractivity contribution in [2.24, 2.45) is 0 Å². The summed E-state index contributed by atoms with van der Waals surface area (Å²) in [6.45, 7) is 0. The highest BCUT2D eigenvalue weighted by molar-refractivity contribution is 5.41. The van der Waals surface area contributed by atoms with E-state index < -0.39 is 0 Å². The molecule has 0 aliphatic carbocycles. The van der Waals surface area contributed by atoms with Crippen LogP contribution in [0.25, 0.3) is 0 Å². The zero-order valence-electron chi connectivity index (χ0n) is 8.36. The molecule has 0 saturated heterocycles. The van der Waals surface area contributed by atoms with E-state index in [1.807, 2.05) is 36.4 Å². The molecular formula is C13H10O2. The Morgan fingerprint density at radius 3 is 2.47 bits per heavy atom. The normalized spacial score (nSPS) is 9.13. The van der Waals surface area contributed by atoms with Crippen molar-refractivity contribution in [3.63, 3.8) is 0 Å². The average molecular weight is 198 g/mol. The second-order valence-corrected chi connectivity index (χ2v) is 2.96. The third-order valence-corrected chi connectivity index (χ3v) is 1.94. The Balaban J connectivity index is 2.17. The molecule has 1 aromatic heterocycles. The van der Waals surface area contributed by atoms with Gasteiger partial charge in [0.1, 0.15) is 5.75 Å². The topological polar surface area (TPSA) is 22.4 Å². The number of benzene rings is 1. The van der Waals surface area contributed by atoms with E-state index in [1.54, 1.807) is 13.4 Å². The van der Waals surface area contributed by atoms with Gasteiger partial charge in [-0.2, -0.15) is 0 Å². The van der Waals surface area contributed by atoms with Gasteiger partial charge in [-0.1, -0.05) is 5.92 Å². The van der Waals surface area contributed by atoms with E-state index >= 15 is 0 Å². The van der Waals surface area contributed by atoms with Gasteiger partial charge in [-0.05, 0) is 42.3 Å². The standard InChI is InChI=1S/C13H10O2/c1-14-12-7-4-11(5-8-12)6-9-13-3-2-10-15-13/h2-5,7-8,10H,1H3. The second-order valence-electron chi connectivity index (χ2n) is 2.96. The highest BCUT2D eigenvalue weighted by Crippen LogP contribution is 2.10. The van der Waals surface area contributed by atoms with Gasteiger partial charge in [0.2, 0.25) is 0 Å². The molecule has 0 N–H and O–H groups in total. The van der Waals surface area contributed by atoms with Crippen molar-refractivity contribution in [2.75, 3.05) is 7.11 Å². The Bertz CT molecular complexity index is 469. The van der Waals surface area contributed by atoms with Crippen LogP contribution in [0, 0.1) is 11.8 Å². The molecule has 15 heavy (non-hydrogen) atoms. The Kier molecular flexibility index (Phi) is 2.75. The van der Waals surface area contributed by atoms with E-state index in [1.165, 1.54) is 0 Å². The van der Waals surface area contributed by atoms with E-state index in [0.29, 0.717) is 5.76 Å². The Morgan fingerprint density at radius 2 is 1.87 bits per heavy atom. The Morgan fingerprint density at radius 1 is 1.07 bits per heavy atom. The third kappa shape index (κ3) is 2.41. The molecule has 2 rings (SSSR count). The fourth-order valence-corrected chi connectivity index (χ4v) is 1.16. The lowest BCUT2D eigenvalue weighted by Crippen LogP contribution is -1.81. The maximum atomic E-state index is 5.10. The second kappa shape index (κ2) is 4.39. The molecule has 74 valence electrons. The summed E-state index contributed by atoms with van der Waals surface area (Å²) in [5.41, 5.74) is 0.937. The van der Waals surface area contributed by atoms with Crippen LogP contribution in [0.5, 0.6) is 5.75 Å². The predicted octanol–water partition coefficient (Wildman–Crippen LogP) is 2.69. The molecule has 0 fully saturated rings. The summed E-state index contributed by atoms with van der Waals surface area (Å²) >= 11 is 0. The van der Waals surface area contributed by atoms with E-state index in [9.17, 15) is 0 Å². The van der Waals surface area contributed by atoms with Crippen LogP contribution in [-0.2, 0) is 0 Å². The van der Waals surface area contributed by atoms with Crippen LogP contribution in [0.4, 0.5) is 0 Å². The largest absolute Gasteiger partial charge is 0.497 e. The van der Waals surface area contributed by atoms with Crippen molar-refractivity contribution in [3.8, 4) is 17.6 Å². The Hall–Kier alpha value is -2.14. The van der Waals surface area contributed by atoms with Crippen molar-refractivity contribution in [1.29, 1.82) is 0 Å². The van der Waals surface area contributed by atoms with Gasteiger partial charge in [0.05, 0.1) is 13.4 Å². The maximum Gasteiger partial charge on any atom is 0.176 e. The molecule has 0 spiro atoms. The first-order valence-electron chi connectivity index (χ1n) is 4.58. The predicted molar refractivity (Wildman–Crippen MR) is 57.7 cm³/mol. The lowest BCUT2D eigenvalue weighted by atomic mass is 10.2. The van der Waals surface area contributed by atoms with Crippen LogP contribution in [0.3, 0.4) is 0 Å². The summed E-state index contributed by atoms with van der Waals surface area (Å²) < 4.78 is 10.2. The minimum Gasteiger partial charge on any atom is -0.497 e. The molecule has 0 unspecified atom stereocenters. The maximum absolute atomic E-state index is 5.10. The van der Waals surface area contributed by atoms with E-state index in [2.05, 4.69) is 11.8 Å². The summed E-state index contributed by atoms with van der Waals surface area (Å²) in [5.74, 6) is 7.42. The molecule has 0 aliphatic rings. The van der Waals surface area contributed by atoms with Crippen LogP contribution in [0.2, 0.25) is 0 Å². The van der Waals surface area contributed by atoms with Gasteiger partial charge in [-0.15, -0.1) is 0 Å². The van der Waals surface area contributed by atoms with Crippen LogP contribution >= 0.6 is 0 Å². The van der Waals surface area contributed by atoms with Crippen molar-refractivity contribution in [1.82, 2.24) is 0 Å². The van der Waals surface area contributed by atoms with Crippen LogP contribution in [-0.4, -0.2) is 7.11 Å². The number of hydrogen-bond donors (Lipinski definition) is 0. The zero-order valence-corrected chi connectivity index (χ0v) is 8.36. The molecular weight excluding hydrogens is 188 g/mol. The summed E-state index contributed by atoms with van der Waals surface area (Å²) in [5, 5.41) is 0. The molecule has 2 heteroatoms. The lowest BCUT2D eigenvalue weighted by Gasteiger charge is -1.97. The molecule has 0 atom stereocenters. The number of hydrogen-bond acceptors (Lipinski definition) is 2. The molecule has 1 heterocycles. The highest BCUT2D eigenvalue weighted by Gasteiger charge is 1.90. The van der Waals surface area contributed by atoms with E-state index in [0.717, 1.165) is 11.3 Å². The smallest absolute Gasteiger partial charge is 0.176 e. The number of furan rings is 1. The van der Waals surface area contributed by atoms with Crippen molar-refractivity contribution in [2.45, 2.75) is 0 Å². The highest BCUT2D eigenvalue weighted by atomic mass is 16.5. The summed E-state index contributed by atoms with van der Waals surface area (Å²) in [7, 11) is 1.64. The van der Waals surface area contributed by atoms with Gasteiger partial charge in [-0.3, -0.25) is 0 Å². The van der Waals surface area contributed by atoms with Crippen LogP contribution < -0.4 is 4.74 Å². The van der Waals surface area contributed by atoms with Crippen molar-refractivity contribution >= 4 is 0 Å². The number of rotatable bonds is 1. The average Bonchev–Trinajstić information content (AvgIpc) is 2.80. The first-order valence-corrected chi connectivity index (χ1v) is 4.58. The molecule has 0 saturated carbocycles. The fraction of sp³-hybridized carbons (Fsp3) is 0.0769. The molecule has 0 aliphatic heterocycles. The van der Waals surface area contributed by atoms with Gasteiger partial charge in [0.25, 0.3) is 0 Å². The van der Waals surface area contributed by atoms with E-state index in [-0.39, 0.29) is 0 Å². The van der Waals surface area contributed by atoms with Gasteiger partial charge in [0.15, 0.2) is 5.76 Å². The van der Waals surface area contributed by atoms with Gasteiger partial charge in [-0.25, -0.2) is 0 Å². The fourth-order valence-electron chi connectivity index (χ4n) is 1.16. The minimum atomic E-state index is 0.672. The first-order chi connectivity index (χ1) is 7.38. The van der Waals surface area contributed by atoms with Gasteiger partial charge >= 0.3 is 0 Å². The third-order valence-electron chi connectivity index (χ3n) is 1.94. The van der Waals surface area contributed by atoms with Crippen LogP contribution in [0.15, 0.2) is 47.1 Å². The SMILES string of the molecule is COc1ccc(C#Cc2ccco2)cc1. The molecule has 2 aromatic rings. The summed E-state index contributed by atoms with van der Waals surface area (Å²) in [4.78, 5) is 0. The van der Waals surface area contributed by atoms with Crippen molar-refractivity contribution < 1.29 is 9.15 Å². The number of ether oxygens (including phenoxy) is 1. The number of methoxy groups -OCH3 is 1. The van der Waals surface area contributed by atoms with Crippen LogP contribution in [0.1, 0.15) is 11.3 Å². The molecule has 0 radical (unpaired) electrons. The lowest BCUT2D eigenvalue weighted by molar-refractivity contribution is 0.415. The quantitative estimate of drug-likeness (QED) is 0.657. The van der Waals surface area contributed by atoms with Gasteiger partial charge < -0.3 is 9.15 Å². The van der Waals surface area contributed by atoms with E-state index in [4.69, 9.17) is 9.15 Å². The molecule has 0 bridgehead atoms. The zero-order chi connectivity index (χ0) is 10.5. The molecule has 0 amide bonds. The molecule has 2 nitrogen and oxygen atoms in total. The summed E-state index contributed by atoms with van der Waals surface area (Å²) in [6.07, 6.45) is 1.61. The summed E-state index contributed by atoms with van der Waals surface area (Å²) in [6, 6.07) is 11.2. The monoisotopic (exact) mass is 198 g/mol. The molecule has 1 aromatic carbocycles. The van der Waals surface area contributed by atoms with Crippen molar-refractivity contribution in [3.05, 3.63) is 54.0 Å².